The molecular weight excluding hydrogens is 661 g/mol. The lowest BCUT2D eigenvalue weighted by Crippen LogP contribution is -2.41. The molecule has 0 aliphatic heterocycles. The monoisotopic (exact) mass is 710 g/mol. The Labute approximate surface area is 297 Å². The summed E-state index contributed by atoms with van der Waals surface area (Å²) < 4.78 is 11.2. The molecule has 4 rings (SSSR count). The largest absolute Gasteiger partial charge is 0.453 e. The Kier molecular flexibility index (Phi) is 14.4. The first kappa shape index (κ1) is 39.5. The second-order valence-corrected chi connectivity index (χ2v) is 14.1. The van der Waals surface area contributed by atoms with Gasteiger partial charge in [0.1, 0.15) is 18.0 Å². The van der Waals surface area contributed by atoms with Gasteiger partial charge in [0.25, 0.3) is 0 Å². The number of amides is 4. The zero-order valence-electron chi connectivity index (χ0n) is 30.2. The van der Waals surface area contributed by atoms with Crippen molar-refractivity contribution in [2.24, 2.45) is 11.7 Å². The fourth-order valence-electron chi connectivity index (χ4n) is 4.80. The van der Waals surface area contributed by atoms with Gasteiger partial charge in [-0.1, -0.05) is 63.3 Å². The molecule has 4 amide bonds. The van der Waals surface area contributed by atoms with Crippen molar-refractivity contribution in [3.8, 4) is 21.7 Å². The number of carbonyl (C=O) groups is 4. The summed E-state index contributed by atoms with van der Waals surface area (Å²) in [5.74, 6) is 1.33. The van der Waals surface area contributed by atoms with Gasteiger partial charge < -0.3 is 30.4 Å². The number of thiazole rings is 1. The van der Waals surface area contributed by atoms with E-state index in [2.05, 4.69) is 63.6 Å². The Balaban J connectivity index is 0.00000126. The Morgan fingerprint density at radius 2 is 1.64 bits per heavy atom. The fourth-order valence-corrected chi connectivity index (χ4v) is 5.77. The highest BCUT2D eigenvalue weighted by Gasteiger charge is 2.24. The van der Waals surface area contributed by atoms with Crippen LogP contribution in [-0.2, 0) is 25.6 Å². The number of ether oxygens (including phenoxy) is 2. The molecular formula is C35H50N8O6S. The summed E-state index contributed by atoms with van der Waals surface area (Å²) in [4.78, 5) is 64.8. The van der Waals surface area contributed by atoms with E-state index in [-0.39, 0.29) is 18.4 Å². The van der Waals surface area contributed by atoms with Crippen molar-refractivity contribution < 1.29 is 28.7 Å². The Bertz CT molecular complexity index is 1690. The van der Waals surface area contributed by atoms with E-state index >= 15 is 0 Å². The molecule has 0 bridgehead atoms. The molecule has 0 saturated carbocycles. The van der Waals surface area contributed by atoms with Gasteiger partial charge in [-0.05, 0) is 50.7 Å². The number of nitrogens with two attached hydrogens (primary N) is 1. The minimum Gasteiger partial charge on any atom is -0.453 e. The number of primary amides is 1. The van der Waals surface area contributed by atoms with E-state index in [0.717, 1.165) is 38.9 Å². The molecule has 272 valence electrons. The second kappa shape index (κ2) is 18.2. The van der Waals surface area contributed by atoms with Crippen LogP contribution in [0.5, 0.6) is 0 Å². The number of H-pyrrole nitrogens is 1. The number of aromatic nitrogens is 4. The number of carbonyl (C=O) groups excluding carboxylic acids is 4. The van der Waals surface area contributed by atoms with Crippen LogP contribution in [0.1, 0.15) is 73.6 Å². The van der Waals surface area contributed by atoms with Crippen LogP contribution in [0, 0.1) is 5.92 Å². The van der Waals surface area contributed by atoms with Crippen LogP contribution >= 0.6 is 11.3 Å². The molecule has 1 aromatic carbocycles. The molecule has 3 heterocycles. The number of rotatable bonds is 13. The Hall–Kier alpha value is -4.92. The summed E-state index contributed by atoms with van der Waals surface area (Å²) in [5.41, 5.74) is 6.73. The zero-order chi connectivity index (χ0) is 37.0. The van der Waals surface area contributed by atoms with E-state index in [0.29, 0.717) is 44.2 Å². The maximum absolute atomic E-state index is 12.7. The van der Waals surface area contributed by atoms with Crippen LogP contribution in [0.4, 0.5) is 15.4 Å². The van der Waals surface area contributed by atoms with Crippen LogP contribution in [0.25, 0.3) is 26.7 Å². The predicted octanol–water partition coefficient (Wildman–Crippen LogP) is 6.53. The van der Waals surface area contributed by atoms with Gasteiger partial charge in [-0.15, -0.1) is 0 Å². The molecule has 0 spiro atoms. The van der Waals surface area contributed by atoms with Crippen LogP contribution < -0.4 is 11.1 Å². The molecule has 0 aliphatic carbocycles. The van der Waals surface area contributed by atoms with Crippen LogP contribution in [0.3, 0.4) is 0 Å². The molecule has 3 aromatic heterocycles. The van der Waals surface area contributed by atoms with Crippen molar-refractivity contribution >= 4 is 46.1 Å². The third kappa shape index (κ3) is 12.2. The number of methoxy groups -OCH3 is 1. The first-order chi connectivity index (χ1) is 23.6. The standard InChI is InChI=1S/C33H45N7O4S.C2H5NO2/c1-8-14-38(30(42)16-22(3)4)19-27-34-17-25(35-27)23-10-12-24(13-11-23)26-18-40-20-28(37-31(40)45-26)36-29(41)21-39(15-9-2)32(43)44-33(5,6)7;1-5-2(3)4/h10-13,17-18,20,22H,8-9,14-16,19,21H2,1-7H3,(H,34,35)(H,36,41);1H3,(H2,3,4). The number of fused-ring (bicyclic) bond motifs is 1. The molecule has 50 heavy (non-hydrogen) atoms. The molecule has 4 aromatic rings. The molecule has 4 N–H and O–H groups in total. The lowest BCUT2D eigenvalue weighted by molar-refractivity contribution is -0.132. The fraction of sp³-hybridized carbons (Fsp3) is 0.486. The van der Waals surface area contributed by atoms with Crippen molar-refractivity contribution in [2.45, 2.75) is 79.9 Å². The van der Waals surface area contributed by atoms with E-state index < -0.39 is 17.8 Å². The summed E-state index contributed by atoms with van der Waals surface area (Å²) in [5, 5.41) is 2.80. The van der Waals surface area contributed by atoms with Crippen LogP contribution in [-0.4, -0.2) is 85.5 Å². The van der Waals surface area contributed by atoms with Gasteiger partial charge in [0, 0.05) is 25.7 Å². The Morgan fingerprint density at radius 3 is 2.20 bits per heavy atom. The Morgan fingerprint density at radius 1 is 1.02 bits per heavy atom. The second-order valence-electron chi connectivity index (χ2n) is 13.1. The van der Waals surface area contributed by atoms with Gasteiger partial charge >= 0.3 is 12.2 Å². The van der Waals surface area contributed by atoms with E-state index in [9.17, 15) is 19.2 Å². The minimum atomic E-state index is -0.745. The molecule has 0 atom stereocenters. The first-order valence-corrected chi connectivity index (χ1v) is 17.5. The molecule has 0 fully saturated rings. The number of nitrogens with zero attached hydrogens (tertiary/aromatic N) is 5. The van der Waals surface area contributed by atoms with E-state index in [1.165, 1.54) is 23.3 Å². The summed E-state index contributed by atoms with van der Waals surface area (Å²) in [7, 11) is 1.22. The summed E-state index contributed by atoms with van der Waals surface area (Å²) in [6, 6.07) is 8.19. The third-order valence-electron chi connectivity index (χ3n) is 6.98. The van der Waals surface area contributed by atoms with Crippen LogP contribution in [0.2, 0.25) is 0 Å². The van der Waals surface area contributed by atoms with Crippen molar-refractivity contribution in [3.63, 3.8) is 0 Å². The zero-order valence-corrected chi connectivity index (χ0v) is 31.1. The van der Waals surface area contributed by atoms with Crippen molar-refractivity contribution in [1.29, 1.82) is 0 Å². The number of imidazole rings is 2. The average molecular weight is 711 g/mol. The highest BCUT2D eigenvalue weighted by molar-refractivity contribution is 7.20. The maximum atomic E-state index is 12.7. The van der Waals surface area contributed by atoms with Crippen LogP contribution in [0.15, 0.2) is 42.9 Å². The first-order valence-electron chi connectivity index (χ1n) is 16.6. The van der Waals surface area contributed by atoms with E-state index in [4.69, 9.17) is 4.74 Å². The molecule has 0 radical (unpaired) electrons. The van der Waals surface area contributed by atoms with E-state index in [1.54, 1.807) is 27.0 Å². The lowest BCUT2D eigenvalue weighted by Gasteiger charge is -2.26. The molecule has 0 unspecified atom stereocenters. The molecule has 15 heteroatoms. The van der Waals surface area contributed by atoms with Gasteiger partial charge in [0.05, 0.1) is 36.6 Å². The number of benzene rings is 1. The average Bonchev–Trinajstić information content (AvgIpc) is 3.75. The van der Waals surface area contributed by atoms with Crippen molar-refractivity contribution in [1.82, 2.24) is 29.2 Å². The van der Waals surface area contributed by atoms with Gasteiger partial charge in [0.15, 0.2) is 10.8 Å². The van der Waals surface area contributed by atoms with Gasteiger partial charge in [0.2, 0.25) is 11.8 Å². The lowest BCUT2D eigenvalue weighted by atomic mass is 10.1. The minimum absolute atomic E-state index is 0.114. The number of hydrogen-bond donors (Lipinski definition) is 3. The van der Waals surface area contributed by atoms with Gasteiger partial charge in [-0.25, -0.2) is 19.6 Å². The SMILES string of the molecule is CCCN(Cc1ncc(-c2ccc(-c3cn4cc(NC(=O)CN(CCC)C(=O)OC(C)(C)C)nc4s3)cc2)[nH]1)C(=O)CC(C)C.COC(N)=O. The summed E-state index contributed by atoms with van der Waals surface area (Å²) in [6.07, 6.45) is 6.43. The number of hydrogen-bond acceptors (Lipinski definition) is 9. The summed E-state index contributed by atoms with van der Waals surface area (Å²) >= 11 is 1.51. The predicted molar refractivity (Wildman–Crippen MR) is 195 cm³/mol. The highest BCUT2D eigenvalue weighted by atomic mass is 32.1. The van der Waals surface area contributed by atoms with Crippen molar-refractivity contribution in [3.05, 3.63) is 48.7 Å². The number of anilines is 1. The molecule has 0 aliphatic rings. The van der Waals surface area contributed by atoms with Gasteiger partial charge in [-0.3, -0.25) is 18.9 Å². The topological polar surface area (TPSA) is 177 Å². The number of nitrogens with one attached hydrogen (secondary N) is 2. The van der Waals surface area contributed by atoms with Crippen molar-refractivity contribution in [2.75, 3.05) is 32.1 Å². The summed E-state index contributed by atoms with van der Waals surface area (Å²) in [6.45, 7) is 15.0. The normalized spacial score (nSPS) is 11.1. The molecule has 14 nitrogen and oxygen atoms in total. The quantitative estimate of drug-likeness (QED) is 0.140. The van der Waals surface area contributed by atoms with E-state index in [1.807, 2.05) is 40.8 Å². The van der Waals surface area contributed by atoms with Gasteiger partial charge in [-0.2, -0.15) is 0 Å². The third-order valence-corrected chi connectivity index (χ3v) is 8.03. The maximum Gasteiger partial charge on any atom is 0.410 e. The number of aromatic amines is 1. The molecule has 0 saturated heterocycles. The smallest absolute Gasteiger partial charge is 0.410 e. The highest BCUT2D eigenvalue weighted by Crippen LogP contribution is 2.31.